The molecule has 1 aromatic heterocycles. The van der Waals surface area contributed by atoms with Gasteiger partial charge in [0.25, 0.3) is 0 Å². The van der Waals surface area contributed by atoms with Crippen LogP contribution in [0.25, 0.3) is 0 Å². The molecule has 4 heteroatoms. The minimum absolute atomic E-state index is 0.117. The molecule has 2 rings (SSSR count). The van der Waals surface area contributed by atoms with Crippen molar-refractivity contribution in [2.75, 3.05) is 24.5 Å². The lowest BCUT2D eigenvalue weighted by Gasteiger charge is -2.42. The van der Waals surface area contributed by atoms with Crippen LogP contribution in [-0.2, 0) is 4.74 Å². The molecule has 118 valence electrons. The van der Waals surface area contributed by atoms with E-state index in [9.17, 15) is 0 Å². The summed E-state index contributed by atoms with van der Waals surface area (Å²) in [4.78, 5) is 6.98. The van der Waals surface area contributed by atoms with E-state index in [0.29, 0.717) is 6.04 Å². The van der Waals surface area contributed by atoms with Crippen LogP contribution in [0.2, 0.25) is 0 Å². The predicted octanol–water partition coefficient (Wildman–Crippen LogP) is 3.15. The molecule has 0 radical (unpaired) electrons. The summed E-state index contributed by atoms with van der Waals surface area (Å²) in [5.74, 6) is 1.05. The van der Waals surface area contributed by atoms with E-state index < -0.39 is 0 Å². The van der Waals surface area contributed by atoms with Crippen molar-refractivity contribution in [3.05, 3.63) is 23.9 Å². The standard InChI is InChI=1S/C17H29N3O/c1-6-9-18-14(3)15-7-8-16(19-10-15)20-11-13(2)21-17(4,5)12-20/h7-8,10,13-14,18H,6,9,11-12H2,1-5H3. The first-order valence-electron chi connectivity index (χ1n) is 8.03. The van der Waals surface area contributed by atoms with Gasteiger partial charge in [0.05, 0.1) is 11.7 Å². The number of rotatable bonds is 5. The number of hydrogen-bond acceptors (Lipinski definition) is 4. The van der Waals surface area contributed by atoms with Gasteiger partial charge in [-0.05, 0) is 52.3 Å². The van der Waals surface area contributed by atoms with Crippen LogP contribution in [0, 0.1) is 0 Å². The number of nitrogens with zero attached hydrogens (tertiary/aromatic N) is 2. The van der Waals surface area contributed by atoms with Gasteiger partial charge in [0, 0.05) is 25.3 Å². The zero-order valence-electron chi connectivity index (χ0n) is 14.0. The fraction of sp³-hybridized carbons (Fsp3) is 0.706. The second-order valence-electron chi connectivity index (χ2n) is 6.69. The molecule has 1 N–H and O–H groups in total. The van der Waals surface area contributed by atoms with E-state index >= 15 is 0 Å². The quantitative estimate of drug-likeness (QED) is 0.904. The molecule has 1 fully saturated rings. The molecule has 1 aliphatic rings. The lowest BCUT2D eigenvalue weighted by molar-refractivity contribution is -0.0751. The van der Waals surface area contributed by atoms with Crippen LogP contribution in [0.1, 0.15) is 52.6 Å². The molecule has 0 bridgehead atoms. The molecule has 1 saturated heterocycles. The number of anilines is 1. The number of ether oxygens (including phenoxy) is 1. The van der Waals surface area contributed by atoms with Crippen molar-refractivity contribution in [3.63, 3.8) is 0 Å². The lowest BCUT2D eigenvalue weighted by Crippen LogP contribution is -2.52. The smallest absolute Gasteiger partial charge is 0.128 e. The van der Waals surface area contributed by atoms with E-state index in [2.05, 4.69) is 62.0 Å². The predicted molar refractivity (Wildman–Crippen MR) is 87.8 cm³/mol. The van der Waals surface area contributed by atoms with Crippen LogP contribution in [0.3, 0.4) is 0 Å². The van der Waals surface area contributed by atoms with Crippen molar-refractivity contribution in [2.24, 2.45) is 0 Å². The summed E-state index contributed by atoms with van der Waals surface area (Å²) in [5.41, 5.74) is 1.13. The van der Waals surface area contributed by atoms with Gasteiger partial charge >= 0.3 is 0 Å². The average Bonchev–Trinajstić information content (AvgIpc) is 2.42. The Morgan fingerprint density at radius 2 is 2.24 bits per heavy atom. The topological polar surface area (TPSA) is 37.4 Å². The van der Waals surface area contributed by atoms with Crippen molar-refractivity contribution < 1.29 is 4.74 Å². The van der Waals surface area contributed by atoms with Crippen LogP contribution in [0.15, 0.2) is 18.3 Å². The average molecular weight is 291 g/mol. The van der Waals surface area contributed by atoms with Crippen LogP contribution in [0.5, 0.6) is 0 Å². The highest BCUT2D eigenvalue weighted by atomic mass is 16.5. The second-order valence-corrected chi connectivity index (χ2v) is 6.69. The monoisotopic (exact) mass is 291 g/mol. The number of aromatic nitrogens is 1. The summed E-state index contributed by atoms with van der Waals surface area (Å²) >= 11 is 0. The fourth-order valence-electron chi connectivity index (χ4n) is 2.95. The molecular formula is C17H29N3O. The van der Waals surface area contributed by atoms with Crippen molar-refractivity contribution in [3.8, 4) is 0 Å². The maximum atomic E-state index is 5.95. The fourth-order valence-corrected chi connectivity index (χ4v) is 2.95. The highest BCUT2D eigenvalue weighted by Crippen LogP contribution is 2.25. The van der Waals surface area contributed by atoms with Gasteiger partial charge in [0.2, 0.25) is 0 Å². The van der Waals surface area contributed by atoms with Gasteiger partial charge in [-0.1, -0.05) is 13.0 Å². The molecule has 2 heterocycles. The maximum Gasteiger partial charge on any atom is 0.128 e. The Bertz CT molecular complexity index is 444. The van der Waals surface area contributed by atoms with Crippen molar-refractivity contribution >= 4 is 5.82 Å². The number of pyridine rings is 1. The van der Waals surface area contributed by atoms with E-state index in [-0.39, 0.29) is 11.7 Å². The largest absolute Gasteiger partial charge is 0.369 e. The van der Waals surface area contributed by atoms with Gasteiger partial charge in [0.1, 0.15) is 5.82 Å². The number of nitrogens with one attached hydrogen (secondary N) is 1. The first kappa shape index (κ1) is 16.2. The molecular weight excluding hydrogens is 262 g/mol. The van der Waals surface area contributed by atoms with Gasteiger partial charge < -0.3 is 15.0 Å². The Balaban J connectivity index is 2.04. The third-order valence-corrected chi connectivity index (χ3v) is 3.86. The molecule has 1 aromatic rings. The van der Waals surface area contributed by atoms with Crippen LogP contribution in [0.4, 0.5) is 5.82 Å². The number of hydrogen-bond donors (Lipinski definition) is 1. The molecule has 2 unspecified atom stereocenters. The van der Waals surface area contributed by atoms with Gasteiger partial charge in [-0.25, -0.2) is 4.98 Å². The molecule has 1 aliphatic heterocycles. The lowest BCUT2D eigenvalue weighted by atomic mass is 10.1. The zero-order valence-corrected chi connectivity index (χ0v) is 14.0. The summed E-state index contributed by atoms with van der Waals surface area (Å²) in [6, 6.07) is 4.67. The molecule has 0 amide bonds. The minimum atomic E-state index is -0.117. The Hall–Kier alpha value is -1.13. The van der Waals surface area contributed by atoms with Crippen LogP contribution in [-0.4, -0.2) is 36.3 Å². The van der Waals surface area contributed by atoms with Crippen molar-refractivity contribution in [1.29, 1.82) is 0 Å². The van der Waals surface area contributed by atoms with E-state index in [1.54, 1.807) is 0 Å². The summed E-state index contributed by atoms with van der Waals surface area (Å²) < 4.78 is 5.95. The molecule has 2 atom stereocenters. The Labute approximate surface area is 128 Å². The zero-order chi connectivity index (χ0) is 15.5. The second kappa shape index (κ2) is 6.75. The van der Waals surface area contributed by atoms with Crippen LogP contribution >= 0.6 is 0 Å². The SMILES string of the molecule is CCCNC(C)c1ccc(N2CC(C)OC(C)(C)C2)nc1. The number of morpholine rings is 1. The Morgan fingerprint density at radius 1 is 1.48 bits per heavy atom. The molecule has 0 aromatic carbocycles. The Kier molecular flexibility index (Phi) is 5.22. The summed E-state index contributed by atoms with van der Waals surface area (Å²) in [7, 11) is 0. The highest BCUT2D eigenvalue weighted by molar-refractivity contribution is 5.41. The third kappa shape index (κ3) is 4.42. The molecule has 0 aliphatic carbocycles. The van der Waals surface area contributed by atoms with E-state index in [4.69, 9.17) is 4.74 Å². The Morgan fingerprint density at radius 3 is 2.81 bits per heavy atom. The van der Waals surface area contributed by atoms with Gasteiger partial charge in [-0.15, -0.1) is 0 Å². The van der Waals surface area contributed by atoms with E-state index in [1.165, 1.54) is 5.56 Å². The van der Waals surface area contributed by atoms with E-state index in [1.807, 2.05) is 6.20 Å². The van der Waals surface area contributed by atoms with E-state index in [0.717, 1.165) is 31.9 Å². The molecule has 21 heavy (non-hydrogen) atoms. The van der Waals surface area contributed by atoms with Gasteiger partial charge in [-0.3, -0.25) is 0 Å². The van der Waals surface area contributed by atoms with Crippen molar-refractivity contribution in [1.82, 2.24) is 10.3 Å². The van der Waals surface area contributed by atoms with Gasteiger partial charge in [0.15, 0.2) is 0 Å². The summed E-state index contributed by atoms with van der Waals surface area (Å²) in [6.07, 6.45) is 3.38. The van der Waals surface area contributed by atoms with Gasteiger partial charge in [-0.2, -0.15) is 0 Å². The van der Waals surface area contributed by atoms with Crippen LogP contribution < -0.4 is 10.2 Å². The maximum absolute atomic E-state index is 5.95. The highest BCUT2D eigenvalue weighted by Gasteiger charge is 2.31. The molecule has 0 spiro atoms. The third-order valence-electron chi connectivity index (χ3n) is 3.86. The first-order chi connectivity index (χ1) is 9.91. The van der Waals surface area contributed by atoms with Crippen molar-refractivity contribution in [2.45, 2.75) is 58.8 Å². The molecule has 0 saturated carbocycles. The first-order valence-corrected chi connectivity index (χ1v) is 8.03. The summed E-state index contributed by atoms with van der Waals surface area (Å²) in [6.45, 7) is 13.6. The molecule has 4 nitrogen and oxygen atoms in total. The summed E-state index contributed by atoms with van der Waals surface area (Å²) in [5, 5.41) is 3.49. The normalized spacial score (nSPS) is 23.1. The minimum Gasteiger partial charge on any atom is -0.369 e.